The summed E-state index contributed by atoms with van der Waals surface area (Å²) in [6.07, 6.45) is 8.74. The highest BCUT2D eigenvalue weighted by atomic mass is 16.5. The minimum Gasteiger partial charge on any atom is -0.489 e. The van der Waals surface area contributed by atoms with Gasteiger partial charge in [0.1, 0.15) is 5.75 Å². The van der Waals surface area contributed by atoms with Crippen LogP contribution in [-0.2, 0) is 0 Å². The number of nitrogens with zero attached hydrogens (tertiary/aromatic N) is 1. The molecule has 3 heteroatoms. The SMILES string of the molecule is CCCNc1cncc(OC2CCC(C)C(C)C2)c1. The van der Waals surface area contributed by atoms with Crippen LogP contribution in [0.4, 0.5) is 5.69 Å². The summed E-state index contributed by atoms with van der Waals surface area (Å²) in [6.45, 7) is 7.81. The zero-order valence-corrected chi connectivity index (χ0v) is 12.4. The van der Waals surface area contributed by atoms with Gasteiger partial charge < -0.3 is 10.1 Å². The van der Waals surface area contributed by atoms with Crippen molar-refractivity contribution >= 4 is 5.69 Å². The standard InChI is InChI=1S/C16H26N2O/c1-4-7-18-14-9-16(11-17-10-14)19-15-6-5-12(2)13(3)8-15/h9-13,15,18H,4-8H2,1-3H3. The summed E-state index contributed by atoms with van der Waals surface area (Å²) in [5.74, 6) is 2.48. The van der Waals surface area contributed by atoms with Gasteiger partial charge in [-0.3, -0.25) is 4.98 Å². The molecule has 1 saturated carbocycles. The van der Waals surface area contributed by atoms with Gasteiger partial charge in [-0.25, -0.2) is 0 Å². The molecule has 0 spiro atoms. The third-order valence-electron chi connectivity index (χ3n) is 4.15. The molecule has 0 amide bonds. The maximum absolute atomic E-state index is 6.09. The van der Waals surface area contributed by atoms with Crippen LogP contribution in [-0.4, -0.2) is 17.6 Å². The van der Waals surface area contributed by atoms with Crippen molar-refractivity contribution in [2.75, 3.05) is 11.9 Å². The zero-order chi connectivity index (χ0) is 13.7. The Hall–Kier alpha value is -1.25. The summed E-state index contributed by atoms with van der Waals surface area (Å²) in [6, 6.07) is 2.06. The number of ether oxygens (including phenoxy) is 1. The number of hydrogen-bond donors (Lipinski definition) is 1. The number of hydrogen-bond acceptors (Lipinski definition) is 3. The molecular weight excluding hydrogens is 236 g/mol. The lowest BCUT2D eigenvalue weighted by Crippen LogP contribution is -2.28. The average molecular weight is 262 g/mol. The lowest BCUT2D eigenvalue weighted by Gasteiger charge is -2.32. The molecule has 1 aromatic heterocycles. The quantitative estimate of drug-likeness (QED) is 0.867. The normalized spacial score (nSPS) is 27.0. The van der Waals surface area contributed by atoms with Gasteiger partial charge in [0, 0.05) is 12.6 Å². The molecule has 0 saturated heterocycles. The van der Waals surface area contributed by atoms with E-state index in [1.165, 1.54) is 6.42 Å². The Balaban J connectivity index is 1.91. The Kier molecular flexibility index (Phi) is 5.06. The lowest BCUT2D eigenvalue weighted by molar-refractivity contribution is 0.100. The fourth-order valence-electron chi connectivity index (χ4n) is 2.65. The summed E-state index contributed by atoms with van der Waals surface area (Å²) < 4.78 is 6.09. The van der Waals surface area contributed by atoms with Crippen LogP contribution in [0.3, 0.4) is 0 Å². The monoisotopic (exact) mass is 262 g/mol. The molecule has 1 heterocycles. The minimum absolute atomic E-state index is 0.356. The summed E-state index contributed by atoms with van der Waals surface area (Å²) in [5.41, 5.74) is 1.05. The van der Waals surface area contributed by atoms with Crippen LogP contribution in [0, 0.1) is 11.8 Å². The molecule has 3 unspecified atom stereocenters. The molecule has 1 fully saturated rings. The fraction of sp³-hybridized carbons (Fsp3) is 0.688. The maximum atomic E-state index is 6.09. The molecule has 3 atom stereocenters. The molecule has 106 valence electrons. The topological polar surface area (TPSA) is 34.2 Å². The van der Waals surface area contributed by atoms with Gasteiger partial charge in [0.05, 0.1) is 24.2 Å². The van der Waals surface area contributed by atoms with E-state index in [1.54, 1.807) is 0 Å². The van der Waals surface area contributed by atoms with Crippen LogP contribution in [0.5, 0.6) is 5.75 Å². The Morgan fingerprint density at radius 2 is 2.11 bits per heavy atom. The van der Waals surface area contributed by atoms with Gasteiger partial charge in [0.2, 0.25) is 0 Å². The van der Waals surface area contributed by atoms with Gasteiger partial charge in [-0.1, -0.05) is 20.8 Å². The van der Waals surface area contributed by atoms with Crippen LogP contribution < -0.4 is 10.1 Å². The highest BCUT2D eigenvalue weighted by Gasteiger charge is 2.25. The first-order chi connectivity index (χ1) is 9.19. The second kappa shape index (κ2) is 6.78. The number of rotatable bonds is 5. The maximum Gasteiger partial charge on any atom is 0.140 e. The first-order valence-electron chi connectivity index (χ1n) is 7.54. The van der Waals surface area contributed by atoms with E-state index in [2.05, 4.69) is 37.1 Å². The van der Waals surface area contributed by atoms with Crippen molar-refractivity contribution < 1.29 is 4.74 Å². The van der Waals surface area contributed by atoms with Crippen molar-refractivity contribution in [3.05, 3.63) is 18.5 Å². The second-order valence-corrected chi connectivity index (χ2v) is 5.84. The number of nitrogens with one attached hydrogen (secondary N) is 1. The van der Waals surface area contributed by atoms with E-state index in [1.807, 2.05) is 12.4 Å². The number of pyridine rings is 1. The summed E-state index contributed by atoms with van der Waals surface area (Å²) >= 11 is 0. The van der Waals surface area contributed by atoms with Crippen LogP contribution in [0.25, 0.3) is 0 Å². The van der Waals surface area contributed by atoms with E-state index >= 15 is 0 Å². The van der Waals surface area contributed by atoms with Gasteiger partial charge in [-0.2, -0.15) is 0 Å². The summed E-state index contributed by atoms with van der Waals surface area (Å²) in [5, 5.41) is 3.35. The molecule has 1 aliphatic rings. The smallest absolute Gasteiger partial charge is 0.140 e. The predicted octanol–water partition coefficient (Wildman–Crippen LogP) is 4.11. The largest absolute Gasteiger partial charge is 0.489 e. The van der Waals surface area contributed by atoms with Crippen molar-refractivity contribution in [3.63, 3.8) is 0 Å². The van der Waals surface area contributed by atoms with E-state index in [0.717, 1.165) is 49.1 Å². The third-order valence-corrected chi connectivity index (χ3v) is 4.15. The van der Waals surface area contributed by atoms with E-state index < -0.39 is 0 Å². The Morgan fingerprint density at radius 3 is 2.84 bits per heavy atom. The highest BCUT2D eigenvalue weighted by molar-refractivity contribution is 5.45. The molecule has 0 aromatic carbocycles. The highest BCUT2D eigenvalue weighted by Crippen LogP contribution is 2.32. The predicted molar refractivity (Wildman–Crippen MR) is 79.6 cm³/mol. The van der Waals surface area contributed by atoms with Crippen LogP contribution in [0.2, 0.25) is 0 Å². The van der Waals surface area contributed by atoms with Gasteiger partial charge >= 0.3 is 0 Å². The van der Waals surface area contributed by atoms with E-state index in [-0.39, 0.29) is 0 Å². The van der Waals surface area contributed by atoms with Crippen LogP contribution in [0.1, 0.15) is 46.5 Å². The lowest BCUT2D eigenvalue weighted by atomic mass is 9.80. The van der Waals surface area contributed by atoms with Gasteiger partial charge in [-0.05, 0) is 37.5 Å². The van der Waals surface area contributed by atoms with Crippen LogP contribution in [0.15, 0.2) is 18.5 Å². The number of aromatic nitrogens is 1. The van der Waals surface area contributed by atoms with Gasteiger partial charge in [0.15, 0.2) is 0 Å². The molecule has 1 N–H and O–H groups in total. The molecule has 2 rings (SSSR count). The van der Waals surface area contributed by atoms with E-state index in [0.29, 0.717) is 6.10 Å². The van der Waals surface area contributed by atoms with Crippen LogP contribution >= 0.6 is 0 Å². The zero-order valence-electron chi connectivity index (χ0n) is 12.4. The molecule has 1 aliphatic carbocycles. The van der Waals surface area contributed by atoms with Crippen molar-refractivity contribution in [1.82, 2.24) is 4.98 Å². The van der Waals surface area contributed by atoms with Gasteiger partial charge in [-0.15, -0.1) is 0 Å². The van der Waals surface area contributed by atoms with Crippen molar-refractivity contribution in [2.24, 2.45) is 11.8 Å². The molecule has 19 heavy (non-hydrogen) atoms. The average Bonchev–Trinajstić information content (AvgIpc) is 2.41. The van der Waals surface area contributed by atoms with Crippen molar-refractivity contribution in [3.8, 4) is 5.75 Å². The minimum atomic E-state index is 0.356. The molecule has 0 bridgehead atoms. The molecule has 3 nitrogen and oxygen atoms in total. The molecular formula is C16H26N2O. The Labute approximate surface area is 116 Å². The first kappa shape index (κ1) is 14.2. The van der Waals surface area contributed by atoms with E-state index in [9.17, 15) is 0 Å². The van der Waals surface area contributed by atoms with Crippen molar-refractivity contribution in [2.45, 2.75) is 52.6 Å². The molecule has 1 aromatic rings. The second-order valence-electron chi connectivity index (χ2n) is 5.84. The number of anilines is 1. The Bertz CT molecular complexity index is 394. The molecule has 0 aliphatic heterocycles. The third kappa shape index (κ3) is 4.12. The van der Waals surface area contributed by atoms with E-state index in [4.69, 9.17) is 4.74 Å². The van der Waals surface area contributed by atoms with Crippen molar-refractivity contribution in [1.29, 1.82) is 0 Å². The summed E-state index contributed by atoms with van der Waals surface area (Å²) in [4.78, 5) is 4.25. The molecule has 0 radical (unpaired) electrons. The first-order valence-corrected chi connectivity index (χ1v) is 7.54. The van der Waals surface area contributed by atoms with Gasteiger partial charge in [0.25, 0.3) is 0 Å². The fourth-order valence-corrected chi connectivity index (χ4v) is 2.65. The Morgan fingerprint density at radius 1 is 1.26 bits per heavy atom. The summed E-state index contributed by atoms with van der Waals surface area (Å²) in [7, 11) is 0.